The average molecular weight is 627 g/mol. The van der Waals surface area contributed by atoms with Gasteiger partial charge in [-0.05, 0) is 58.0 Å². The van der Waals surface area contributed by atoms with Gasteiger partial charge in [0.2, 0.25) is 5.28 Å². The Morgan fingerprint density at radius 3 is 2.26 bits per heavy atom. The van der Waals surface area contributed by atoms with Crippen LogP contribution in [0.4, 0.5) is 13.2 Å². The quantitative estimate of drug-likeness (QED) is 0.0878. The summed E-state index contributed by atoms with van der Waals surface area (Å²) in [7, 11) is -3.32. The molecular weight excluding hydrogens is 597 g/mol. The molecule has 232 valence electrons. The summed E-state index contributed by atoms with van der Waals surface area (Å²) >= 11 is 0. The Bertz CT molecular complexity index is 1600. The number of aryl methyl sites for hydroxylation is 1. The molecule has 0 saturated carbocycles. The maximum Gasteiger partial charge on any atom is 0.435 e. The van der Waals surface area contributed by atoms with Gasteiger partial charge in [-0.15, -0.1) is 5.01 Å². The molecule has 0 radical (unpaired) electrons. The molecule has 0 unspecified atom stereocenters. The number of rotatable bonds is 10. The number of carbonyl (C=O) groups excluding carboxylic acids is 2. The van der Waals surface area contributed by atoms with Crippen LogP contribution < -0.4 is 4.72 Å². The van der Waals surface area contributed by atoms with E-state index in [0.29, 0.717) is 10.6 Å². The Morgan fingerprint density at radius 2 is 1.70 bits per heavy atom. The van der Waals surface area contributed by atoms with E-state index in [1.54, 1.807) is 49.8 Å². The van der Waals surface area contributed by atoms with Crippen molar-refractivity contribution in [3.8, 4) is 16.9 Å². The number of ether oxygens (including phenoxy) is 1. The summed E-state index contributed by atoms with van der Waals surface area (Å²) in [5.41, 5.74) is -0.320. The summed E-state index contributed by atoms with van der Waals surface area (Å²) in [4.78, 5) is 28.0. The number of nitrogens with zero attached hydrogens (tertiary/aromatic N) is 5. The van der Waals surface area contributed by atoms with Crippen LogP contribution in [-0.4, -0.2) is 60.4 Å². The van der Waals surface area contributed by atoms with Gasteiger partial charge in [0, 0.05) is 5.56 Å². The van der Waals surface area contributed by atoms with E-state index in [1.165, 1.54) is 12.1 Å². The van der Waals surface area contributed by atoms with Crippen LogP contribution in [0.25, 0.3) is 16.9 Å². The normalized spacial score (nSPS) is 12.5. The third-order valence-electron chi connectivity index (χ3n) is 5.63. The molecule has 43 heavy (non-hydrogen) atoms. The summed E-state index contributed by atoms with van der Waals surface area (Å²) in [6.45, 7) is 5.22. The number of hydrogen-bond donors (Lipinski definition) is 1. The fourth-order valence-corrected chi connectivity index (χ4v) is 4.33. The Labute approximate surface area is 245 Å². The molecule has 1 aromatic heterocycles. The predicted octanol–water partition coefficient (Wildman–Crippen LogP) is 3.96. The average Bonchev–Trinajstić information content (AvgIpc) is 3.36. The maximum atomic E-state index is 13.5. The third kappa shape index (κ3) is 8.67. The lowest BCUT2D eigenvalue weighted by Gasteiger charge is -2.15. The summed E-state index contributed by atoms with van der Waals surface area (Å²) in [5, 5.41) is 19.4. The molecule has 17 heteroatoms. The summed E-state index contributed by atoms with van der Waals surface area (Å²) in [5.74, 6) is -1.71. The van der Waals surface area contributed by atoms with E-state index >= 15 is 0 Å². The number of likely N-dealkylation sites (N-methyl/N-ethyl adjacent to an activating group) is 1. The number of hydrogen-bond acceptors (Lipinski definition) is 9. The largest absolute Gasteiger partial charge is 0.569 e. The summed E-state index contributed by atoms with van der Waals surface area (Å²) in [6.07, 6.45) is -4.72. The smallest absolute Gasteiger partial charge is 0.435 e. The van der Waals surface area contributed by atoms with Crippen molar-refractivity contribution in [2.75, 3.05) is 20.4 Å². The van der Waals surface area contributed by atoms with Crippen LogP contribution >= 0.6 is 0 Å². The van der Waals surface area contributed by atoms with E-state index in [1.807, 2.05) is 6.92 Å². The molecule has 3 rings (SSSR count). The lowest BCUT2D eigenvalue weighted by molar-refractivity contribution is -0.704. The molecule has 0 atom stereocenters. The molecule has 0 aliphatic carbocycles. The third-order valence-corrected chi connectivity index (χ3v) is 7.02. The molecule has 0 bridgehead atoms. The van der Waals surface area contributed by atoms with Crippen molar-refractivity contribution >= 4 is 21.9 Å². The van der Waals surface area contributed by atoms with E-state index in [2.05, 4.69) is 15.2 Å². The van der Waals surface area contributed by atoms with Gasteiger partial charge < -0.3 is 14.8 Å². The fraction of sp³-hybridized carbons (Fsp3) is 0.346. The van der Waals surface area contributed by atoms with Crippen molar-refractivity contribution in [1.82, 2.24) is 19.5 Å². The van der Waals surface area contributed by atoms with Crippen LogP contribution in [-0.2, 0) is 35.4 Å². The number of carbonyl (C=O) groups is 2. The number of halogens is 3. The lowest BCUT2D eigenvalue weighted by atomic mass is 9.98. The fourth-order valence-electron chi connectivity index (χ4n) is 3.35. The Hall–Kier alpha value is -4.67. The van der Waals surface area contributed by atoms with Gasteiger partial charge in [-0.3, -0.25) is 9.59 Å². The zero-order valence-corrected chi connectivity index (χ0v) is 24.6. The number of nitrogens with one attached hydrogen (secondary N) is 1. The van der Waals surface area contributed by atoms with Crippen molar-refractivity contribution in [2.24, 2.45) is 10.7 Å². The second kappa shape index (κ2) is 12.7. The second-order valence-corrected chi connectivity index (χ2v) is 12.0. The number of esters is 1. The van der Waals surface area contributed by atoms with Crippen molar-refractivity contribution in [3.63, 3.8) is 0 Å². The highest BCUT2D eigenvalue weighted by molar-refractivity contribution is 7.90. The molecule has 0 aliphatic rings. The van der Waals surface area contributed by atoms with E-state index < -0.39 is 52.5 Å². The Morgan fingerprint density at radius 1 is 1.09 bits per heavy atom. The first-order valence-corrected chi connectivity index (χ1v) is 14.0. The molecule has 1 heterocycles. The SMILES string of the molecule is Cc1ccc(-c2cc(C(F)(F)F)nn2-c2ccc(S(=O)(=O)NC(=O)CN(C)[N+]([O-])=NOCOC(=O)C(C)(C)C)cc2)cc1. The van der Waals surface area contributed by atoms with Crippen LogP contribution in [0.1, 0.15) is 32.0 Å². The molecule has 3 aromatic rings. The highest BCUT2D eigenvalue weighted by atomic mass is 32.2. The lowest BCUT2D eigenvalue weighted by Crippen LogP contribution is -2.40. The number of hydrazine groups is 1. The predicted molar refractivity (Wildman–Crippen MR) is 144 cm³/mol. The molecule has 13 nitrogen and oxygen atoms in total. The number of alkyl halides is 3. The molecule has 0 fully saturated rings. The molecular formula is C26H29F3N6O7S. The zero-order valence-electron chi connectivity index (χ0n) is 23.7. The van der Waals surface area contributed by atoms with Crippen LogP contribution in [0.15, 0.2) is 64.8 Å². The Kier molecular flexibility index (Phi) is 9.69. The minimum atomic E-state index is -4.72. The monoisotopic (exact) mass is 626 g/mol. The molecule has 1 amide bonds. The van der Waals surface area contributed by atoms with Gasteiger partial charge in [0.25, 0.3) is 22.7 Å². The van der Waals surface area contributed by atoms with Gasteiger partial charge in [0.15, 0.2) is 12.2 Å². The van der Waals surface area contributed by atoms with Gasteiger partial charge in [0.1, 0.15) is 0 Å². The van der Waals surface area contributed by atoms with Gasteiger partial charge in [-0.25, -0.2) is 17.8 Å². The van der Waals surface area contributed by atoms with E-state index in [0.717, 1.165) is 35.5 Å². The minimum absolute atomic E-state index is 0.128. The number of amides is 1. The van der Waals surface area contributed by atoms with Gasteiger partial charge >= 0.3 is 12.1 Å². The van der Waals surface area contributed by atoms with E-state index in [-0.39, 0.29) is 21.2 Å². The molecule has 1 N–H and O–H groups in total. The summed E-state index contributed by atoms with van der Waals surface area (Å²) in [6, 6.07) is 12.3. The first-order chi connectivity index (χ1) is 19.9. The highest BCUT2D eigenvalue weighted by Gasteiger charge is 2.35. The molecule has 0 aliphatic heterocycles. The molecule has 2 aromatic carbocycles. The first-order valence-electron chi connectivity index (χ1n) is 12.5. The van der Waals surface area contributed by atoms with Gasteiger partial charge in [-0.1, -0.05) is 29.8 Å². The van der Waals surface area contributed by atoms with Crippen molar-refractivity contribution in [2.45, 2.75) is 38.8 Å². The number of aromatic nitrogens is 2. The highest BCUT2D eigenvalue weighted by Crippen LogP contribution is 2.33. The van der Waals surface area contributed by atoms with Crippen LogP contribution in [0, 0.1) is 17.5 Å². The first kappa shape index (κ1) is 32.8. The molecule has 0 spiro atoms. The number of sulfonamides is 1. The van der Waals surface area contributed by atoms with Crippen LogP contribution in [0.3, 0.4) is 0 Å². The van der Waals surface area contributed by atoms with E-state index in [9.17, 15) is 36.4 Å². The second-order valence-electron chi connectivity index (χ2n) is 10.3. The van der Waals surface area contributed by atoms with E-state index in [4.69, 9.17) is 4.74 Å². The van der Waals surface area contributed by atoms with Crippen molar-refractivity contribution < 1.29 is 45.7 Å². The van der Waals surface area contributed by atoms with Crippen LogP contribution in [0.5, 0.6) is 0 Å². The Balaban J connectivity index is 1.70. The van der Waals surface area contributed by atoms with Crippen molar-refractivity contribution in [3.05, 3.63) is 71.1 Å². The van der Waals surface area contributed by atoms with Crippen LogP contribution in [0.2, 0.25) is 0 Å². The van der Waals surface area contributed by atoms with Gasteiger partial charge in [0.05, 0.1) is 33.7 Å². The molecule has 0 saturated heterocycles. The van der Waals surface area contributed by atoms with Crippen molar-refractivity contribution in [1.29, 1.82) is 0 Å². The standard InChI is InChI=1S/C26H29F3N6O7S/c1-17-6-8-18(9-7-17)21-14-22(26(27,28)29)30-34(21)19-10-12-20(13-11-19)43(39,40)31-23(36)15-33(5)35(38)32-42-16-41-24(37)25(2,3)4/h6-14H,15-16H2,1-5H3,(H,31,36). The minimum Gasteiger partial charge on any atom is -0.569 e. The number of benzene rings is 2. The zero-order chi connectivity index (χ0) is 32.2. The topological polar surface area (TPSA) is 158 Å². The summed E-state index contributed by atoms with van der Waals surface area (Å²) < 4.78 is 73.4. The maximum absolute atomic E-state index is 13.5. The van der Waals surface area contributed by atoms with Gasteiger partial charge in [-0.2, -0.15) is 18.3 Å².